The van der Waals surface area contributed by atoms with Gasteiger partial charge in [0.15, 0.2) is 0 Å². The zero-order valence-corrected chi connectivity index (χ0v) is 18.0. The predicted octanol–water partition coefficient (Wildman–Crippen LogP) is 5.79. The molecule has 0 unspecified atom stereocenters. The summed E-state index contributed by atoms with van der Waals surface area (Å²) in [6, 6.07) is 7.90. The first-order valence-corrected chi connectivity index (χ1v) is 9.31. The Morgan fingerprint density at radius 3 is 1.76 bits per heavy atom. The third-order valence-corrected chi connectivity index (χ3v) is 2.78. The Labute approximate surface area is 155 Å². The van der Waals surface area contributed by atoms with E-state index < -0.39 is 0 Å². The fourth-order valence-electron chi connectivity index (χ4n) is 1.80. The molecular weight excluding hydrogens is 310 g/mol. The second-order valence-electron chi connectivity index (χ2n) is 6.78. The number of carbonyl (C=O) groups is 1. The molecule has 1 aromatic rings. The molecule has 3 nitrogen and oxygen atoms in total. The average molecular weight is 350 g/mol. The molecule has 0 aliphatic heterocycles. The summed E-state index contributed by atoms with van der Waals surface area (Å²) in [7, 11) is 1.66. The second kappa shape index (κ2) is 14.6. The topological polar surface area (TPSA) is 38.3 Å². The fraction of sp³-hybridized carbons (Fsp3) is 0.591. The van der Waals surface area contributed by atoms with Gasteiger partial charge in [-0.2, -0.15) is 0 Å². The summed E-state index contributed by atoms with van der Waals surface area (Å²) in [6.45, 7) is 18.4. The summed E-state index contributed by atoms with van der Waals surface area (Å²) < 4.78 is 5.60. The Kier molecular flexibility index (Phi) is 14.8. The van der Waals surface area contributed by atoms with Crippen molar-refractivity contribution in [1.29, 1.82) is 0 Å². The first-order chi connectivity index (χ1) is 11.7. The first-order valence-electron chi connectivity index (χ1n) is 9.31. The maximum Gasteiger partial charge on any atom is 0.247 e. The molecule has 0 saturated carbocycles. The van der Waals surface area contributed by atoms with Crippen LogP contribution in [0.3, 0.4) is 0 Å². The molecule has 0 aliphatic rings. The molecule has 1 amide bonds. The number of hydrogen-bond donors (Lipinski definition) is 1. The summed E-state index contributed by atoms with van der Waals surface area (Å²) in [6.07, 6.45) is 0.814. The molecule has 0 fully saturated rings. The molecule has 0 atom stereocenters. The number of allylic oxidation sites excluding steroid dienone is 1. The number of nitrogens with one attached hydrogen (secondary N) is 1. The third-order valence-electron chi connectivity index (χ3n) is 2.78. The van der Waals surface area contributed by atoms with Crippen LogP contribution in [-0.2, 0) is 11.2 Å². The second-order valence-corrected chi connectivity index (χ2v) is 6.78. The maximum absolute atomic E-state index is 11.8. The Morgan fingerprint density at radius 2 is 1.44 bits per heavy atom. The summed E-state index contributed by atoms with van der Waals surface area (Å²) in [5, 5.41) is 2.68. The third kappa shape index (κ3) is 13.2. The van der Waals surface area contributed by atoms with Crippen LogP contribution >= 0.6 is 0 Å². The number of benzene rings is 1. The Morgan fingerprint density at radius 1 is 1.00 bits per heavy atom. The van der Waals surface area contributed by atoms with Crippen LogP contribution in [0.4, 0.5) is 0 Å². The van der Waals surface area contributed by atoms with Gasteiger partial charge in [0.2, 0.25) is 5.91 Å². The van der Waals surface area contributed by atoms with Crippen molar-refractivity contribution < 1.29 is 9.53 Å². The number of ether oxygens (including phenoxy) is 1. The van der Waals surface area contributed by atoms with Crippen molar-refractivity contribution in [2.45, 2.75) is 74.8 Å². The molecule has 0 heterocycles. The van der Waals surface area contributed by atoms with Crippen LogP contribution < -0.4 is 10.1 Å². The zero-order chi connectivity index (χ0) is 20.0. The van der Waals surface area contributed by atoms with Gasteiger partial charge in [-0.05, 0) is 51.3 Å². The lowest BCUT2D eigenvalue weighted by Crippen LogP contribution is -2.22. The molecule has 0 saturated heterocycles. The highest BCUT2D eigenvalue weighted by atomic mass is 16.5. The van der Waals surface area contributed by atoms with Gasteiger partial charge in [0.1, 0.15) is 5.75 Å². The molecule has 3 heteroatoms. The van der Waals surface area contributed by atoms with E-state index in [1.165, 1.54) is 0 Å². The van der Waals surface area contributed by atoms with Gasteiger partial charge in [-0.15, -0.1) is 0 Å². The fourth-order valence-corrected chi connectivity index (χ4v) is 1.80. The first kappa shape index (κ1) is 25.5. The van der Waals surface area contributed by atoms with Crippen LogP contribution in [0.5, 0.6) is 5.75 Å². The standard InChI is InChI=1S/C16H23NO2.C4H10.C2H6/c1-11(2)15(16(18)17-5)10-13-6-8-14(9-7-13)19-12(3)4;1-4(2)3;1-2/h6-9,12H,10H2,1-5H3,(H,17,18);4H,1-3H3;1-2H3. The largest absolute Gasteiger partial charge is 0.491 e. The van der Waals surface area contributed by atoms with Crippen molar-refractivity contribution in [1.82, 2.24) is 5.32 Å². The van der Waals surface area contributed by atoms with Crippen molar-refractivity contribution in [2.24, 2.45) is 5.92 Å². The number of rotatable bonds is 5. The van der Waals surface area contributed by atoms with Crippen molar-refractivity contribution in [2.75, 3.05) is 7.05 Å². The summed E-state index contributed by atoms with van der Waals surface area (Å²) in [5.41, 5.74) is 2.97. The Balaban J connectivity index is 0. The van der Waals surface area contributed by atoms with Crippen LogP contribution in [-0.4, -0.2) is 19.1 Å². The normalized spacial score (nSPS) is 9.44. The van der Waals surface area contributed by atoms with E-state index in [-0.39, 0.29) is 12.0 Å². The lowest BCUT2D eigenvalue weighted by Gasteiger charge is -2.11. The number of amides is 1. The Bertz CT molecular complexity index is 493. The number of carbonyl (C=O) groups excluding carboxylic acids is 1. The van der Waals surface area contributed by atoms with Crippen molar-refractivity contribution >= 4 is 5.91 Å². The quantitative estimate of drug-likeness (QED) is 0.684. The number of likely N-dealkylation sites (N-methyl/N-ethyl adjacent to an activating group) is 1. The van der Waals surface area contributed by atoms with Crippen LogP contribution in [0.15, 0.2) is 35.4 Å². The van der Waals surface area contributed by atoms with E-state index in [0.717, 1.165) is 28.4 Å². The van der Waals surface area contributed by atoms with Gasteiger partial charge in [0.25, 0.3) is 0 Å². The summed E-state index contributed by atoms with van der Waals surface area (Å²) in [5.74, 6) is 1.68. The molecule has 0 aromatic heterocycles. The molecule has 0 spiro atoms. The van der Waals surface area contributed by atoms with Gasteiger partial charge in [-0.3, -0.25) is 4.79 Å². The van der Waals surface area contributed by atoms with Gasteiger partial charge < -0.3 is 10.1 Å². The number of hydrogen-bond acceptors (Lipinski definition) is 2. The Hall–Kier alpha value is -1.77. The SMILES string of the molecule is CC.CC(C)C.CNC(=O)C(Cc1ccc(OC(C)C)cc1)=C(C)C. The molecule has 1 N–H and O–H groups in total. The van der Waals surface area contributed by atoms with E-state index in [1.807, 2.05) is 65.8 Å². The molecule has 0 aliphatic carbocycles. The molecule has 0 radical (unpaired) electrons. The van der Waals surface area contributed by atoms with E-state index in [4.69, 9.17) is 4.74 Å². The molecule has 1 aromatic carbocycles. The summed E-state index contributed by atoms with van der Waals surface area (Å²) in [4.78, 5) is 11.8. The molecule has 0 bridgehead atoms. The van der Waals surface area contributed by atoms with E-state index >= 15 is 0 Å². The minimum Gasteiger partial charge on any atom is -0.491 e. The minimum atomic E-state index is -0.0116. The van der Waals surface area contributed by atoms with E-state index in [0.29, 0.717) is 6.42 Å². The monoisotopic (exact) mass is 349 g/mol. The van der Waals surface area contributed by atoms with Gasteiger partial charge >= 0.3 is 0 Å². The highest BCUT2D eigenvalue weighted by Gasteiger charge is 2.10. The molecule has 1 rings (SSSR count). The lowest BCUT2D eigenvalue weighted by molar-refractivity contribution is -0.117. The van der Waals surface area contributed by atoms with Crippen LogP contribution in [0.1, 0.15) is 67.9 Å². The average Bonchev–Trinajstić information content (AvgIpc) is 2.54. The highest BCUT2D eigenvalue weighted by molar-refractivity contribution is 5.94. The van der Waals surface area contributed by atoms with E-state index in [9.17, 15) is 4.79 Å². The van der Waals surface area contributed by atoms with Crippen molar-refractivity contribution in [3.8, 4) is 5.75 Å². The van der Waals surface area contributed by atoms with Crippen LogP contribution in [0, 0.1) is 5.92 Å². The molecule has 25 heavy (non-hydrogen) atoms. The van der Waals surface area contributed by atoms with Crippen LogP contribution in [0.2, 0.25) is 0 Å². The zero-order valence-electron chi connectivity index (χ0n) is 18.0. The summed E-state index contributed by atoms with van der Waals surface area (Å²) >= 11 is 0. The molecular formula is C22H39NO2. The van der Waals surface area contributed by atoms with Gasteiger partial charge in [-0.1, -0.05) is 52.3 Å². The van der Waals surface area contributed by atoms with Gasteiger partial charge in [0, 0.05) is 19.0 Å². The van der Waals surface area contributed by atoms with Crippen molar-refractivity contribution in [3.63, 3.8) is 0 Å². The van der Waals surface area contributed by atoms with Crippen LogP contribution in [0.25, 0.3) is 0 Å². The van der Waals surface area contributed by atoms with Crippen molar-refractivity contribution in [3.05, 3.63) is 41.0 Å². The molecule has 144 valence electrons. The smallest absolute Gasteiger partial charge is 0.247 e. The minimum absolute atomic E-state index is 0.0116. The lowest BCUT2D eigenvalue weighted by atomic mass is 10.0. The maximum atomic E-state index is 11.8. The van der Waals surface area contributed by atoms with Gasteiger partial charge in [-0.25, -0.2) is 0 Å². The van der Waals surface area contributed by atoms with E-state index in [1.54, 1.807) is 7.05 Å². The predicted molar refractivity (Wildman–Crippen MR) is 110 cm³/mol. The van der Waals surface area contributed by atoms with Gasteiger partial charge in [0.05, 0.1) is 6.10 Å². The van der Waals surface area contributed by atoms with E-state index in [2.05, 4.69) is 26.1 Å². The highest BCUT2D eigenvalue weighted by Crippen LogP contribution is 2.17.